The molecule has 104 valence electrons. The highest BCUT2D eigenvalue weighted by molar-refractivity contribution is 9.10. The fraction of sp³-hybridized carbons (Fsp3) is 0.385. The quantitative estimate of drug-likeness (QED) is 0.795. The Hall–Kier alpha value is -1.56. The van der Waals surface area contributed by atoms with Crippen LogP contribution < -0.4 is 10.6 Å². The number of carboxylic acid groups (broad SMARTS) is 1. The van der Waals surface area contributed by atoms with Gasteiger partial charge in [-0.3, -0.25) is 4.79 Å². The van der Waals surface area contributed by atoms with E-state index < -0.39 is 24.0 Å². The van der Waals surface area contributed by atoms with Gasteiger partial charge >= 0.3 is 12.0 Å². The van der Waals surface area contributed by atoms with E-state index in [1.54, 1.807) is 13.8 Å². The van der Waals surface area contributed by atoms with Crippen LogP contribution in [-0.4, -0.2) is 23.1 Å². The molecule has 0 spiro atoms. The Bertz CT molecular complexity index is 491. The molecular formula is C13H17BrN2O3. The first kappa shape index (κ1) is 15.5. The number of nitrogens with one attached hydrogen (secondary N) is 2. The van der Waals surface area contributed by atoms with E-state index in [1.165, 1.54) is 0 Å². The summed E-state index contributed by atoms with van der Waals surface area (Å²) >= 11 is 3.34. The number of rotatable bonds is 4. The van der Waals surface area contributed by atoms with Crippen LogP contribution in [0.15, 0.2) is 22.7 Å². The standard InChI is InChI=1S/C13H17BrN2O3/c1-7-4-5-10(14)11(6-7)16-13(19)15-9(3)8(2)12(17)18/h4-6,8-9H,1-3H3,(H,17,18)(H2,15,16,19). The minimum atomic E-state index is -0.940. The largest absolute Gasteiger partial charge is 0.481 e. The molecule has 1 rings (SSSR count). The maximum absolute atomic E-state index is 11.8. The van der Waals surface area contributed by atoms with Gasteiger partial charge in [0.1, 0.15) is 0 Å². The Morgan fingerprint density at radius 1 is 1.32 bits per heavy atom. The zero-order valence-electron chi connectivity index (χ0n) is 11.0. The van der Waals surface area contributed by atoms with Gasteiger partial charge in [0.2, 0.25) is 0 Å². The molecule has 0 saturated heterocycles. The lowest BCUT2D eigenvalue weighted by Crippen LogP contribution is -2.42. The summed E-state index contributed by atoms with van der Waals surface area (Å²) in [6.07, 6.45) is 0. The van der Waals surface area contributed by atoms with E-state index in [-0.39, 0.29) is 0 Å². The second-order valence-corrected chi connectivity index (χ2v) is 5.35. The SMILES string of the molecule is Cc1ccc(Br)c(NC(=O)NC(C)C(C)C(=O)O)c1. The molecule has 2 amide bonds. The van der Waals surface area contributed by atoms with E-state index in [9.17, 15) is 9.59 Å². The molecule has 0 aliphatic heterocycles. The van der Waals surface area contributed by atoms with Crippen molar-refractivity contribution in [3.05, 3.63) is 28.2 Å². The Morgan fingerprint density at radius 3 is 2.53 bits per heavy atom. The van der Waals surface area contributed by atoms with Gasteiger partial charge in [0.25, 0.3) is 0 Å². The minimum absolute atomic E-state index is 0.424. The van der Waals surface area contributed by atoms with Crippen LogP contribution in [0.3, 0.4) is 0 Å². The first-order valence-corrected chi connectivity index (χ1v) is 6.67. The number of anilines is 1. The van der Waals surface area contributed by atoms with Gasteiger partial charge in [-0.1, -0.05) is 6.07 Å². The number of hydrogen-bond acceptors (Lipinski definition) is 2. The Labute approximate surface area is 120 Å². The lowest BCUT2D eigenvalue weighted by Gasteiger charge is -2.18. The van der Waals surface area contributed by atoms with Gasteiger partial charge in [-0.2, -0.15) is 0 Å². The number of aliphatic carboxylic acids is 1. The number of amides is 2. The number of aryl methyl sites for hydroxylation is 1. The van der Waals surface area contributed by atoms with E-state index in [0.717, 1.165) is 10.0 Å². The number of carbonyl (C=O) groups excluding carboxylic acids is 1. The van der Waals surface area contributed by atoms with Crippen LogP contribution in [0.5, 0.6) is 0 Å². The fourth-order valence-corrected chi connectivity index (χ4v) is 1.78. The maximum Gasteiger partial charge on any atom is 0.319 e. The van der Waals surface area contributed by atoms with Gasteiger partial charge < -0.3 is 15.7 Å². The van der Waals surface area contributed by atoms with Crippen LogP contribution in [0.25, 0.3) is 0 Å². The zero-order valence-corrected chi connectivity index (χ0v) is 12.6. The van der Waals surface area contributed by atoms with Gasteiger partial charge in [0, 0.05) is 10.5 Å². The van der Waals surface area contributed by atoms with Crippen molar-refractivity contribution >= 4 is 33.6 Å². The molecule has 0 aliphatic rings. The molecule has 1 aromatic carbocycles. The van der Waals surface area contributed by atoms with E-state index in [4.69, 9.17) is 5.11 Å². The molecule has 0 saturated carbocycles. The van der Waals surface area contributed by atoms with Crippen molar-refractivity contribution < 1.29 is 14.7 Å². The third kappa shape index (κ3) is 4.55. The monoisotopic (exact) mass is 328 g/mol. The molecule has 6 heteroatoms. The van der Waals surface area contributed by atoms with E-state index in [1.807, 2.05) is 25.1 Å². The zero-order chi connectivity index (χ0) is 14.6. The average Bonchev–Trinajstić information content (AvgIpc) is 2.32. The van der Waals surface area contributed by atoms with E-state index in [2.05, 4.69) is 26.6 Å². The molecule has 2 atom stereocenters. The van der Waals surface area contributed by atoms with Crippen LogP contribution in [0.4, 0.5) is 10.5 Å². The Kier molecular flexibility index (Phi) is 5.35. The number of hydrogen-bond donors (Lipinski definition) is 3. The number of urea groups is 1. The van der Waals surface area contributed by atoms with Gasteiger partial charge in [-0.15, -0.1) is 0 Å². The van der Waals surface area contributed by atoms with Crippen LogP contribution in [0.2, 0.25) is 0 Å². The molecular weight excluding hydrogens is 312 g/mol. The molecule has 19 heavy (non-hydrogen) atoms. The summed E-state index contributed by atoms with van der Waals surface area (Å²) in [7, 11) is 0. The Morgan fingerprint density at radius 2 is 1.95 bits per heavy atom. The first-order chi connectivity index (χ1) is 8.81. The fourth-order valence-electron chi connectivity index (χ4n) is 1.44. The summed E-state index contributed by atoms with van der Waals surface area (Å²) in [6.45, 7) is 5.13. The predicted octanol–water partition coefficient (Wildman–Crippen LogP) is 2.99. The smallest absolute Gasteiger partial charge is 0.319 e. The summed E-state index contributed by atoms with van der Waals surface area (Å²) < 4.78 is 0.771. The van der Waals surface area contributed by atoms with Crippen molar-refractivity contribution in [2.45, 2.75) is 26.8 Å². The molecule has 0 heterocycles. The van der Waals surface area contributed by atoms with Gasteiger partial charge in [0.05, 0.1) is 11.6 Å². The second kappa shape index (κ2) is 6.56. The van der Waals surface area contributed by atoms with Crippen LogP contribution in [0, 0.1) is 12.8 Å². The van der Waals surface area contributed by atoms with Gasteiger partial charge in [-0.25, -0.2) is 4.79 Å². The molecule has 0 radical (unpaired) electrons. The summed E-state index contributed by atoms with van der Waals surface area (Å²) in [4.78, 5) is 22.6. The normalized spacial score (nSPS) is 13.5. The molecule has 0 aliphatic carbocycles. The van der Waals surface area contributed by atoms with Crippen molar-refractivity contribution in [2.24, 2.45) is 5.92 Å². The summed E-state index contributed by atoms with van der Waals surface area (Å²) in [5.74, 6) is -1.59. The van der Waals surface area contributed by atoms with Crippen molar-refractivity contribution in [3.8, 4) is 0 Å². The topological polar surface area (TPSA) is 78.4 Å². The lowest BCUT2D eigenvalue weighted by molar-refractivity contribution is -0.141. The number of carbonyl (C=O) groups is 2. The lowest BCUT2D eigenvalue weighted by atomic mass is 10.0. The minimum Gasteiger partial charge on any atom is -0.481 e. The first-order valence-electron chi connectivity index (χ1n) is 5.87. The highest BCUT2D eigenvalue weighted by Gasteiger charge is 2.21. The van der Waals surface area contributed by atoms with Gasteiger partial charge in [0.15, 0.2) is 0 Å². The molecule has 0 aromatic heterocycles. The number of carboxylic acids is 1. The number of benzene rings is 1. The van der Waals surface area contributed by atoms with Crippen molar-refractivity contribution in [1.29, 1.82) is 0 Å². The molecule has 3 N–H and O–H groups in total. The van der Waals surface area contributed by atoms with Crippen molar-refractivity contribution in [1.82, 2.24) is 5.32 Å². The molecule has 5 nitrogen and oxygen atoms in total. The summed E-state index contributed by atoms with van der Waals surface area (Å²) in [6, 6.07) is 4.71. The molecule has 0 bridgehead atoms. The van der Waals surface area contributed by atoms with Crippen LogP contribution in [-0.2, 0) is 4.79 Å². The van der Waals surface area contributed by atoms with Crippen molar-refractivity contribution in [3.63, 3.8) is 0 Å². The maximum atomic E-state index is 11.8. The summed E-state index contributed by atoms with van der Waals surface area (Å²) in [5, 5.41) is 14.1. The molecule has 1 aromatic rings. The highest BCUT2D eigenvalue weighted by atomic mass is 79.9. The van der Waals surface area contributed by atoms with Gasteiger partial charge in [-0.05, 0) is 54.4 Å². The molecule has 0 fully saturated rings. The summed E-state index contributed by atoms with van der Waals surface area (Å²) in [5.41, 5.74) is 1.66. The Balaban J connectivity index is 2.65. The average molecular weight is 329 g/mol. The van der Waals surface area contributed by atoms with Crippen LogP contribution in [0.1, 0.15) is 19.4 Å². The third-order valence-electron chi connectivity index (χ3n) is 2.87. The van der Waals surface area contributed by atoms with E-state index in [0.29, 0.717) is 5.69 Å². The third-order valence-corrected chi connectivity index (χ3v) is 3.56. The van der Waals surface area contributed by atoms with Crippen LogP contribution >= 0.6 is 15.9 Å². The highest BCUT2D eigenvalue weighted by Crippen LogP contribution is 2.23. The van der Waals surface area contributed by atoms with Crippen molar-refractivity contribution in [2.75, 3.05) is 5.32 Å². The predicted molar refractivity (Wildman–Crippen MR) is 77.3 cm³/mol. The second-order valence-electron chi connectivity index (χ2n) is 4.50. The number of halogens is 1. The van der Waals surface area contributed by atoms with E-state index >= 15 is 0 Å². The molecule has 2 unspecified atom stereocenters.